The number of nitrogens with one attached hydrogen (secondary N) is 1. The van der Waals surface area contributed by atoms with Crippen molar-refractivity contribution in [2.75, 3.05) is 31.5 Å². The Bertz CT molecular complexity index is 1420. The number of sulfonamides is 1. The van der Waals surface area contributed by atoms with Gasteiger partial charge in [-0.15, -0.1) is 0 Å². The van der Waals surface area contributed by atoms with Gasteiger partial charge in [0.15, 0.2) is 0 Å². The normalized spacial score (nSPS) is 28.3. The minimum absolute atomic E-state index is 0.000181. The number of aromatic nitrogens is 3. The standard InChI is InChI=1S/C25H33N7O4S/c1-25(34)8-2-3-21(25)32-22-17(11-16(12-26)23(32)33)13-27-24(29-22)28-18-6-9-31(10-7-18)37(35,36)20-14-30(15-20)19-4-5-19/h11,13,18-21,34H,2-10,14-15H2,1H3,(H,27,28,29)/t21-,25-/m1/s1. The predicted octanol–water partition coefficient (Wildman–Crippen LogP) is 1.19. The summed E-state index contributed by atoms with van der Waals surface area (Å²) in [5.74, 6) is 0.350. The second-order valence-corrected chi connectivity index (χ2v) is 13.5. The van der Waals surface area contributed by atoms with Gasteiger partial charge in [-0.1, -0.05) is 0 Å². The van der Waals surface area contributed by atoms with Gasteiger partial charge in [0.2, 0.25) is 16.0 Å². The number of hydrogen-bond acceptors (Lipinski definition) is 9. The van der Waals surface area contributed by atoms with Crippen molar-refractivity contribution in [1.82, 2.24) is 23.7 Å². The molecular weight excluding hydrogens is 494 g/mol. The lowest BCUT2D eigenvalue weighted by Crippen LogP contribution is -2.59. The molecule has 2 aromatic heterocycles. The SMILES string of the molecule is C[C@@]1(O)CCC[C@H]1n1c(=O)c(C#N)cc2cnc(NC3CCN(S(=O)(=O)C4CN(C5CC5)C4)CC3)nc21. The number of rotatable bonds is 6. The Morgan fingerprint density at radius 1 is 1.19 bits per heavy atom. The van der Waals surface area contributed by atoms with Gasteiger partial charge in [0, 0.05) is 49.8 Å². The van der Waals surface area contributed by atoms with Gasteiger partial charge < -0.3 is 10.4 Å². The average molecular weight is 528 g/mol. The first kappa shape index (κ1) is 24.7. The number of aliphatic hydroxyl groups is 1. The molecule has 0 aromatic carbocycles. The molecule has 0 bridgehead atoms. The molecule has 2 aromatic rings. The second-order valence-electron chi connectivity index (χ2n) is 11.3. The molecule has 4 heterocycles. The maximum Gasteiger partial charge on any atom is 0.270 e. The summed E-state index contributed by atoms with van der Waals surface area (Å²) in [5.41, 5.74) is -1.14. The van der Waals surface area contributed by atoms with Crippen molar-refractivity contribution in [2.24, 2.45) is 0 Å². The summed E-state index contributed by atoms with van der Waals surface area (Å²) < 4.78 is 29.2. The summed E-state index contributed by atoms with van der Waals surface area (Å²) in [6.45, 7) is 3.93. The van der Waals surface area contributed by atoms with Crippen LogP contribution in [0.5, 0.6) is 0 Å². The molecule has 4 aliphatic rings. The monoisotopic (exact) mass is 527 g/mol. The van der Waals surface area contributed by atoms with E-state index in [0.717, 1.165) is 6.42 Å². The van der Waals surface area contributed by atoms with Crippen molar-refractivity contribution in [3.63, 3.8) is 0 Å². The number of nitrogens with zero attached hydrogens (tertiary/aromatic N) is 6. The zero-order chi connectivity index (χ0) is 25.9. The van der Waals surface area contributed by atoms with Crippen LogP contribution in [0.15, 0.2) is 17.1 Å². The number of nitriles is 1. The molecule has 198 valence electrons. The molecule has 0 amide bonds. The fraction of sp³-hybridized carbons (Fsp3) is 0.680. The van der Waals surface area contributed by atoms with Crippen LogP contribution in [-0.4, -0.2) is 86.4 Å². The number of likely N-dealkylation sites (tertiary alicyclic amines) is 1. The van der Waals surface area contributed by atoms with Crippen molar-refractivity contribution >= 4 is 27.0 Å². The van der Waals surface area contributed by atoms with Crippen LogP contribution >= 0.6 is 0 Å². The third kappa shape index (κ3) is 4.41. The van der Waals surface area contributed by atoms with Gasteiger partial charge in [0.05, 0.1) is 11.6 Å². The number of pyridine rings is 1. The third-order valence-corrected chi connectivity index (χ3v) is 10.8. The van der Waals surface area contributed by atoms with Crippen LogP contribution in [0, 0.1) is 11.3 Å². The van der Waals surface area contributed by atoms with Crippen molar-refractivity contribution in [3.8, 4) is 6.07 Å². The zero-order valence-corrected chi connectivity index (χ0v) is 21.8. The highest BCUT2D eigenvalue weighted by atomic mass is 32.2. The van der Waals surface area contributed by atoms with Crippen LogP contribution in [0.2, 0.25) is 0 Å². The van der Waals surface area contributed by atoms with Crippen LogP contribution in [0.4, 0.5) is 5.95 Å². The van der Waals surface area contributed by atoms with Crippen LogP contribution < -0.4 is 10.9 Å². The van der Waals surface area contributed by atoms with E-state index in [-0.39, 0.29) is 16.9 Å². The molecule has 2 saturated heterocycles. The molecule has 0 radical (unpaired) electrons. The molecular formula is C25H33N7O4S. The van der Waals surface area contributed by atoms with Crippen molar-refractivity contribution in [2.45, 2.75) is 80.8 Å². The molecule has 11 nitrogen and oxygen atoms in total. The van der Waals surface area contributed by atoms with Crippen LogP contribution in [-0.2, 0) is 10.0 Å². The Balaban J connectivity index is 1.18. The van der Waals surface area contributed by atoms with Crippen LogP contribution in [0.1, 0.15) is 63.5 Å². The van der Waals surface area contributed by atoms with Crippen LogP contribution in [0.25, 0.3) is 11.0 Å². The van der Waals surface area contributed by atoms with Gasteiger partial charge in [-0.05, 0) is 57.9 Å². The number of fused-ring (bicyclic) bond motifs is 1. The zero-order valence-electron chi connectivity index (χ0n) is 21.0. The Hall–Kier alpha value is -2.59. The maximum absolute atomic E-state index is 13.1. The second kappa shape index (κ2) is 9.01. The molecule has 2 saturated carbocycles. The Kier molecular flexibility index (Phi) is 6.02. The van der Waals surface area contributed by atoms with Gasteiger partial charge in [-0.2, -0.15) is 10.2 Å². The lowest BCUT2D eigenvalue weighted by Gasteiger charge is -2.42. The van der Waals surface area contributed by atoms with E-state index in [2.05, 4.69) is 20.2 Å². The van der Waals surface area contributed by atoms with Gasteiger partial charge >= 0.3 is 0 Å². The summed E-state index contributed by atoms with van der Waals surface area (Å²) in [4.78, 5) is 24.5. The molecule has 2 aliphatic heterocycles. The largest absolute Gasteiger partial charge is 0.388 e. The highest BCUT2D eigenvalue weighted by Crippen LogP contribution is 2.39. The smallest absolute Gasteiger partial charge is 0.270 e. The molecule has 0 spiro atoms. The number of hydrogen-bond donors (Lipinski definition) is 2. The van der Waals surface area contributed by atoms with Crippen molar-refractivity contribution < 1.29 is 13.5 Å². The minimum Gasteiger partial charge on any atom is -0.388 e. The number of piperidine rings is 1. The first-order valence-corrected chi connectivity index (χ1v) is 14.7. The topological polar surface area (TPSA) is 144 Å². The van der Waals surface area contributed by atoms with Gasteiger partial charge in [0.25, 0.3) is 5.56 Å². The first-order valence-electron chi connectivity index (χ1n) is 13.2. The summed E-state index contributed by atoms with van der Waals surface area (Å²) >= 11 is 0. The molecule has 4 fully saturated rings. The number of anilines is 1. The van der Waals surface area contributed by atoms with E-state index in [1.54, 1.807) is 17.4 Å². The molecule has 37 heavy (non-hydrogen) atoms. The highest BCUT2D eigenvalue weighted by molar-refractivity contribution is 7.89. The Labute approximate surface area is 216 Å². The summed E-state index contributed by atoms with van der Waals surface area (Å²) in [6.07, 6.45) is 7.21. The molecule has 2 aliphatic carbocycles. The molecule has 6 rings (SSSR count). The first-order chi connectivity index (χ1) is 17.7. The van der Waals surface area contributed by atoms with Gasteiger partial charge in [-0.25, -0.2) is 17.7 Å². The lowest BCUT2D eigenvalue weighted by molar-refractivity contribution is 0.0266. The Morgan fingerprint density at radius 2 is 1.92 bits per heavy atom. The molecule has 12 heteroatoms. The lowest BCUT2D eigenvalue weighted by atomic mass is 9.99. The van der Waals surface area contributed by atoms with Crippen molar-refractivity contribution in [3.05, 3.63) is 28.2 Å². The summed E-state index contributed by atoms with van der Waals surface area (Å²) in [7, 11) is -3.28. The van der Waals surface area contributed by atoms with E-state index < -0.39 is 27.2 Å². The third-order valence-electron chi connectivity index (χ3n) is 8.59. The van der Waals surface area contributed by atoms with E-state index >= 15 is 0 Å². The summed E-state index contributed by atoms with van der Waals surface area (Å²) in [6, 6.07) is 3.58. The fourth-order valence-corrected chi connectivity index (χ4v) is 8.04. The molecule has 2 N–H and O–H groups in total. The minimum atomic E-state index is -3.28. The summed E-state index contributed by atoms with van der Waals surface area (Å²) in [5, 5.41) is 24.0. The molecule has 2 atom stereocenters. The van der Waals surface area contributed by atoms with E-state index in [0.29, 0.717) is 74.9 Å². The van der Waals surface area contributed by atoms with Gasteiger partial charge in [-0.3, -0.25) is 14.3 Å². The van der Waals surface area contributed by atoms with E-state index in [4.69, 9.17) is 0 Å². The van der Waals surface area contributed by atoms with Gasteiger partial charge in [0.1, 0.15) is 22.5 Å². The maximum atomic E-state index is 13.1. The molecule has 0 unspecified atom stereocenters. The van der Waals surface area contributed by atoms with E-state index in [1.807, 2.05) is 6.07 Å². The average Bonchev–Trinajstić information content (AvgIpc) is 3.60. The quantitative estimate of drug-likeness (QED) is 0.566. The predicted molar refractivity (Wildman–Crippen MR) is 138 cm³/mol. The van der Waals surface area contributed by atoms with E-state index in [9.17, 15) is 23.6 Å². The fourth-order valence-electron chi connectivity index (χ4n) is 6.14. The van der Waals surface area contributed by atoms with Crippen LogP contribution in [0.3, 0.4) is 0 Å². The Morgan fingerprint density at radius 3 is 2.54 bits per heavy atom. The van der Waals surface area contributed by atoms with E-state index in [1.165, 1.54) is 23.5 Å². The highest BCUT2D eigenvalue weighted by Gasteiger charge is 2.46. The van der Waals surface area contributed by atoms with Crippen molar-refractivity contribution in [1.29, 1.82) is 5.26 Å².